The summed E-state index contributed by atoms with van der Waals surface area (Å²) < 4.78 is 5.47. The lowest BCUT2D eigenvalue weighted by atomic mass is 10.1. The topological polar surface area (TPSA) is 75.6 Å². The van der Waals surface area contributed by atoms with Crippen molar-refractivity contribution in [1.29, 1.82) is 0 Å². The second kappa shape index (κ2) is 6.13. The number of aryl methyl sites for hydroxylation is 1. The van der Waals surface area contributed by atoms with E-state index in [1.165, 1.54) is 13.8 Å². The summed E-state index contributed by atoms with van der Waals surface area (Å²) in [5, 5.41) is 12.0. The minimum atomic E-state index is -1.34. The number of ether oxygens (including phenoxy) is 1. The number of carboxylic acid groups (broad SMARTS) is 1. The Kier molecular flexibility index (Phi) is 5.00. The third-order valence-corrected chi connectivity index (χ3v) is 3.21. The molecule has 0 heterocycles. The van der Waals surface area contributed by atoms with Crippen LogP contribution in [0.1, 0.15) is 26.3 Å². The van der Waals surface area contributed by atoms with Gasteiger partial charge in [-0.15, -0.1) is 0 Å². The highest BCUT2D eigenvalue weighted by molar-refractivity contribution is 6.31. The lowest BCUT2D eigenvalue weighted by molar-refractivity contribution is -0.147. The van der Waals surface area contributed by atoms with Crippen LogP contribution < -0.4 is 10.1 Å². The Morgan fingerprint density at radius 3 is 2.50 bits per heavy atom. The second-order valence-corrected chi connectivity index (χ2v) is 5.50. The summed E-state index contributed by atoms with van der Waals surface area (Å²) in [6, 6.07) is 5.05. The van der Waals surface area contributed by atoms with Crippen LogP contribution in [-0.2, 0) is 9.59 Å². The predicted molar refractivity (Wildman–Crippen MR) is 76.1 cm³/mol. The zero-order chi connectivity index (χ0) is 15.5. The second-order valence-electron chi connectivity index (χ2n) is 5.09. The summed E-state index contributed by atoms with van der Waals surface area (Å²) in [6.45, 7) is 6.20. The van der Waals surface area contributed by atoms with Gasteiger partial charge < -0.3 is 15.2 Å². The molecule has 0 bridgehead atoms. The summed E-state index contributed by atoms with van der Waals surface area (Å²) in [5.41, 5.74) is -0.507. The minimum Gasteiger partial charge on any atom is -0.481 e. The molecule has 110 valence electrons. The van der Waals surface area contributed by atoms with Crippen molar-refractivity contribution < 1.29 is 19.4 Å². The minimum absolute atomic E-state index is 0.495. The fourth-order valence-electron chi connectivity index (χ4n) is 1.41. The van der Waals surface area contributed by atoms with Gasteiger partial charge in [-0.2, -0.15) is 0 Å². The fourth-order valence-corrected chi connectivity index (χ4v) is 1.53. The monoisotopic (exact) mass is 299 g/mol. The SMILES string of the molecule is Cc1cc(OC(C)C(=O)NC(C)(C)C(=O)O)ccc1Cl. The average Bonchev–Trinajstić information content (AvgIpc) is 2.33. The first-order valence-electron chi connectivity index (χ1n) is 6.11. The highest BCUT2D eigenvalue weighted by Gasteiger charge is 2.31. The number of nitrogens with one attached hydrogen (secondary N) is 1. The molecule has 0 saturated heterocycles. The Morgan fingerprint density at radius 2 is 2.00 bits per heavy atom. The van der Waals surface area contributed by atoms with E-state index in [-0.39, 0.29) is 0 Å². The molecule has 1 rings (SSSR count). The van der Waals surface area contributed by atoms with Crippen LogP contribution in [0, 0.1) is 6.92 Å². The van der Waals surface area contributed by atoms with E-state index in [9.17, 15) is 9.59 Å². The number of hydrogen-bond acceptors (Lipinski definition) is 3. The summed E-state index contributed by atoms with van der Waals surface area (Å²) in [7, 11) is 0. The number of aliphatic carboxylic acids is 1. The van der Waals surface area contributed by atoms with Crippen molar-refractivity contribution in [2.24, 2.45) is 0 Å². The molecule has 0 radical (unpaired) electrons. The molecule has 1 atom stereocenters. The molecule has 1 aromatic rings. The average molecular weight is 300 g/mol. The molecule has 5 nitrogen and oxygen atoms in total. The van der Waals surface area contributed by atoms with E-state index in [1.807, 2.05) is 6.92 Å². The molecule has 1 amide bonds. The predicted octanol–water partition coefficient (Wildman–Crippen LogP) is 2.40. The molecule has 0 aliphatic heterocycles. The molecule has 1 aromatic carbocycles. The molecule has 20 heavy (non-hydrogen) atoms. The third-order valence-electron chi connectivity index (χ3n) is 2.78. The molecule has 6 heteroatoms. The van der Waals surface area contributed by atoms with E-state index in [1.54, 1.807) is 25.1 Å². The summed E-state index contributed by atoms with van der Waals surface area (Å²) in [6.07, 6.45) is -0.811. The Morgan fingerprint density at radius 1 is 1.40 bits per heavy atom. The van der Waals surface area contributed by atoms with Gasteiger partial charge in [0.1, 0.15) is 11.3 Å². The molecule has 0 aliphatic carbocycles. The van der Waals surface area contributed by atoms with Crippen molar-refractivity contribution in [3.8, 4) is 5.75 Å². The van der Waals surface area contributed by atoms with Crippen LogP contribution in [0.25, 0.3) is 0 Å². The van der Waals surface area contributed by atoms with Crippen LogP contribution >= 0.6 is 11.6 Å². The van der Waals surface area contributed by atoms with Crippen LogP contribution in [0.15, 0.2) is 18.2 Å². The van der Waals surface area contributed by atoms with Crippen LogP contribution in [-0.4, -0.2) is 28.6 Å². The zero-order valence-electron chi connectivity index (χ0n) is 11.9. The van der Waals surface area contributed by atoms with Crippen molar-refractivity contribution in [1.82, 2.24) is 5.32 Å². The lowest BCUT2D eigenvalue weighted by Crippen LogP contribution is -2.53. The van der Waals surface area contributed by atoms with Crippen molar-refractivity contribution in [2.45, 2.75) is 39.3 Å². The van der Waals surface area contributed by atoms with E-state index < -0.39 is 23.5 Å². The summed E-state index contributed by atoms with van der Waals surface area (Å²) >= 11 is 5.90. The Balaban J connectivity index is 2.71. The van der Waals surface area contributed by atoms with Crippen molar-refractivity contribution in [3.63, 3.8) is 0 Å². The molecule has 1 unspecified atom stereocenters. The Bertz CT molecular complexity index is 528. The molecular formula is C14H18ClNO4. The Labute approximate surface area is 122 Å². The quantitative estimate of drug-likeness (QED) is 0.875. The van der Waals surface area contributed by atoms with Crippen LogP contribution in [0.5, 0.6) is 5.75 Å². The maximum Gasteiger partial charge on any atom is 0.328 e. The van der Waals surface area contributed by atoms with E-state index in [0.717, 1.165) is 5.56 Å². The molecule has 0 fully saturated rings. The van der Waals surface area contributed by atoms with Gasteiger partial charge in [-0.05, 0) is 51.5 Å². The molecule has 0 spiro atoms. The number of halogens is 1. The lowest BCUT2D eigenvalue weighted by Gasteiger charge is -2.23. The first-order chi connectivity index (χ1) is 9.13. The number of rotatable bonds is 5. The van der Waals surface area contributed by atoms with Gasteiger partial charge in [0, 0.05) is 5.02 Å². The standard InChI is InChI=1S/C14H18ClNO4/c1-8-7-10(5-6-11(8)15)20-9(2)12(17)16-14(3,4)13(18)19/h5-7,9H,1-4H3,(H,16,17)(H,18,19). The van der Waals surface area contributed by atoms with Gasteiger partial charge in [-0.3, -0.25) is 4.79 Å². The summed E-state index contributed by atoms with van der Waals surface area (Å²) in [5.74, 6) is -1.10. The van der Waals surface area contributed by atoms with Crippen molar-refractivity contribution >= 4 is 23.5 Å². The van der Waals surface area contributed by atoms with E-state index >= 15 is 0 Å². The first kappa shape index (κ1) is 16.3. The fraction of sp³-hybridized carbons (Fsp3) is 0.429. The van der Waals surface area contributed by atoms with Gasteiger partial charge in [0.05, 0.1) is 0 Å². The number of carbonyl (C=O) groups excluding carboxylic acids is 1. The highest BCUT2D eigenvalue weighted by Crippen LogP contribution is 2.22. The molecular weight excluding hydrogens is 282 g/mol. The van der Waals surface area contributed by atoms with Crippen LogP contribution in [0.2, 0.25) is 5.02 Å². The maximum absolute atomic E-state index is 11.9. The third kappa shape index (κ3) is 4.13. The zero-order valence-corrected chi connectivity index (χ0v) is 12.6. The van der Waals surface area contributed by atoms with Gasteiger partial charge in [-0.25, -0.2) is 4.79 Å². The molecule has 0 saturated carbocycles. The number of carbonyl (C=O) groups is 2. The smallest absolute Gasteiger partial charge is 0.328 e. The van der Waals surface area contributed by atoms with Gasteiger partial charge in [0.25, 0.3) is 5.91 Å². The number of amides is 1. The van der Waals surface area contributed by atoms with Gasteiger partial charge in [-0.1, -0.05) is 11.6 Å². The van der Waals surface area contributed by atoms with Crippen LogP contribution in [0.4, 0.5) is 0 Å². The van der Waals surface area contributed by atoms with E-state index in [0.29, 0.717) is 10.8 Å². The van der Waals surface area contributed by atoms with Crippen LogP contribution in [0.3, 0.4) is 0 Å². The van der Waals surface area contributed by atoms with Crippen molar-refractivity contribution in [2.75, 3.05) is 0 Å². The van der Waals surface area contributed by atoms with Gasteiger partial charge in [0.15, 0.2) is 6.10 Å². The Hall–Kier alpha value is -1.75. The van der Waals surface area contributed by atoms with Crippen molar-refractivity contribution in [3.05, 3.63) is 28.8 Å². The number of hydrogen-bond donors (Lipinski definition) is 2. The highest BCUT2D eigenvalue weighted by atomic mass is 35.5. The van der Waals surface area contributed by atoms with Gasteiger partial charge >= 0.3 is 5.97 Å². The number of carboxylic acids is 1. The van der Waals surface area contributed by atoms with Gasteiger partial charge in [0.2, 0.25) is 0 Å². The van der Waals surface area contributed by atoms with E-state index in [4.69, 9.17) is 21.4 Å². The number of benzene rings is 1. The first-order valence-corrected chi connectivity index (χ1v) is 6.49. The molecule has 2 N–H and O–H groups in total. The summed E-state index contributed by atoms with van der Waals surface area (Å²) in [4.78, 5) is 22.8. The maximum atomic E-state index is 11.9. The largest absolute Gasteiger partial charge is 0.481 e. The molecule has 0 aliphatic rings. The normalized spacial score (nSPS) is 12.7. The molecule has 0 aromatic heterocycles. The van der Waals surface area contributed by atoms with E-state index in [2.05, 4.69) is 5.32 Å².